The number of phenols is 2. The van der Waals surface area contributed by atoms with Gasteiger partial charge >= 0.3 is 0 Å². The van der Waals surface area contributed by atoms with Crippen LogP contribution in [-0.2, 0) is 16.0 Å². The third kappa shape index (κ3) is 4.17. The molecule has 0 radical (unpaired) electrons. The Morgan fingerprint density at radius 3 is 2.15 bits per heavy atom. The zero-order valence-electron chi connectivity index (χ0n) is 20.8. The van der Waals surface area contributed by atoms with Crippen LogP contribution in [0.2, 0.25) is 0 Å². The molecule has 1 aliphatic rings. The largest absolute Gasteiger partial charge is 0.511 e. The van der Waals surface area contributed by atoms with E-state index < -0.39 is 63.7 Å². The maximum Gasteiger partial charge on any atom is 0.183 e. The highest BCUT2D eigenvalue weighted by molar-refractivity contribution is 6.24. The first-order chi connectivity index (χ1) is 15.8. The van der Waals surface area contributed by atoms with Gasteiger partial charge in [0.2, 0.25) is 0 Å². The molecule has 0 spiro atoms. The smallest absolute Gasteiger partial charge is 0.183 e. The van der Waals surface area contributed by atoms with Crippen LogP contribution in [0.5, 0.6) is 17.2 Å². The number of methoxy groups -OCH3 is 1. The van der Waals surface area contributed by atoms with Gasteiger partial charge in [0.1, 0.15) is 39.9 Å². The average molecular weight is 475 g/mol. The summed E-state index contributed by atoms with van der Waals surface area (Å²) in [4.78, 5) is 39.2. The van der Waals surface area contributed by atoms with Gasteiger partial charge in [-0.2, -0.15) is 0 Å². The van der Waals surface area contributed by atoms with E-state index in [4.69, 9.17) is 4.74 Å². The van der Waals surface area contributed by atoms with Crippen LogP contribution < -0.4 is 4.74 Å². The molecule has 0 bridgehead atoms. The molecule has 34 heavy (non-hydrogen) atoms. The van der Waals surface area contributed by atoms with E-state index in [1.807, 2.05) is 0 Å². The molecule has 2 atom stereocenters. The van der Waals surface area contributed by atoms with Gasteiger partial charge in [-0.1, -0.05) is 20.8 Å². The molecule has 1 aliphatic carbocycles. The molecule has 0 saturated heterocycles. The number of rotatable bonds is 9. The second kappa shape index (κ2) is 9.91. The number of ether oxygens (including phenoxy) is 1. The van der Waals surface area contributed by atoms with Crippen LogP contribution in [0.15, 0.2) is 22.7 Å². The molecule has 4 N–H and O–H groups in total. The van der Waals surface area contributed by atoms with E-state index in [0.29, 0.717) is 12.8 Å². The topological polar surface area (TPSA) is 141 Å². The Morgan fingerprint density at radius 1 is 1.06 bits per heavy atom. The Kier molecular flexibility index (Phi) is 7.86. The van der Waals surface area contributed by atoms with Gasteiger partial charge in [-0.25, -0.2) is 0 Å². The lowest BCUT2D eigenvalue weighted by Gasteiger charge is -2.34. The van der Waals surface area contributed by atoms with E-state index in [2.05, 4.69) is 0 Å². The first kappa shape index (κ1) is 27.0. The summed E-state index contributed by atoms with van der Waals surface area (Å²) in [5.74, 6) is -4.30. The summed E-state index contributed by atoms with van der Waals surface area (Å²) in [6.45, 7) is 9.48. The standard InChI is InChI=1S/C26H34O8/c1-8-10-16(27)17-22(31)15(20(29)13(4)23(17)34-7)11-26(6)24(32)14(5)21(30)18(25(26)33)19(28)12(3)9-2/h12,29-32H,8-11H2,1-7H3/t12-,26+/m1/s1. The van der Waals surface area contributed by atoms with Crippen molar-refractivity contribution in [1.82, 2.24) is 0 Å². The number of benzene rings is 1. The normalized spacial score (nSPS) is 19.4. The number of allylic oxidation sites excluding steroid dienone is 3. The van der Waals surface area contributed by atoms with E-state index in [1.54, 1.807) is 20.8 Å². The number of ketones is 3. The monoisotopic (exact) mass is 474 g/mol. The molecule has 0 aromatic heterocycles. The quantitative estimate of drug-likeness (QED) is 0.296. The second-order valence-corrected chi connectivity index (χ2v) is 9.09. The lowest BCUT2D eigenvalue weighted by molar-refractivity contribution is -0.128. The Morgan fingerprint density at radius 2 is 1.65 bits per heavy atom. The van der Waals surface area contributed by atoms with Crippen LogP contribution in [0.1, 0.15) is 75.4 Å². The number of aliphatic hydroxyl groups is 2. The average Bonchev–Trinajstić information content (AvgIpc) is 2.81. The Bertz CT molecular complexity index is 1110. The predicted molar refractivity (Wildman–Crippen MR) is 127 cm³/mol. The first-order valence-corrected chi connectivity index (χ1v) is 11.4. The summed E-state index contributed by atoms with van der Waals surface area (Å²) < 4.78 is 5.28. The number of hydrogen-bond acceptors (Lipinski definition) is 8. The molecule has 0 amide bonds. The van der Waals surface area contributed by atoms with Crippen LogP contribution in [0.4, 0.5) is 0 Å². The number of aliphatic hydroxyl groups excluding tert-OH is 2. The van der Waals surface area contributed by atoms with E-state index in [-0.39, 0.29) is 34.4 Å². The maximum absolute atomic E-state index is 13.5. The summed E-state index contributed by atoms with van der Waals surface area (Å²) in [7, 11) is 1.31. The van der Waals surface area contributed by atoms with Crippen LogP contribution in [0, 0.1) is 18.3 Å². The van der Waals surface area contributed by atoms with Gasteiger partial charge in [0.05, 0.1) is 12.5 Å². The van der Waals surface area contributed by atoms with Crippen molar-refractivity contribution in [1.29, 1.82) is 0 Å². The predicted octanol–water partition coefficient (Wildman–Crippen LogP) is 4.79. The van der Waals surface area contributed by atoms with Crippen molar-refractivity contribution in [2.24, 2.45) is 11.3 Å². The van der Waals surface area contributed by atoms with Crippen molar-refractivity contribution in [3.8, 4) is 17.2 Å². The van der Waals surface area contributed by atoms with Gasteiger partial charge in [0, 0.05) is 29.0 Å². The van der Waals surface area contributed by atoms with Crippen molar-refractivity contribution in [3.63, 3.8) is 0 Å². The minimum Gasteiger partial charge on any atom is -0.511 e. The molecule has 186 valence electrons. The zero-order valence-corrected chi connectivity index (χ0v) is 20.8. The third-order valence-electron chi connectivity index (χ3n) is 6.73. The van der Waals surface area contributed by atoms with Crippen LogP contribution in [0.3, 0.4) is 0 Å². The molecule has 1 aromatic rings. The molecule has 2 rings (SSSR count). The Balaban J connectivity index is 2.76. The van der Waals surface area contributed by atoms with Crippen LogP contribution in [0.25, 0.3) is 0 Å². The van der Waals surface area contributed by atoms with Gasteiger partial charge in [-0.3, -0.25) is 14.4 Å². The molecule has 1 aromatic carbocycles. The molecule has 8 nitrogen and oxygen atoms in total. The molecule has 8 heteroatoms. The summed E-state index contributed by atoms with van der Waals surface area (Å²) >= 11 is 0. The van der Waals surface area contributed by atoms with Gasteiger partial charge in [0.15, 0.2) is 17.3 Å². The number of hydrogen-bond donors (Lipinski definition) is 4. The SMILES string of the molecule is CCCC(=O)c1c(O)c(C[C@]2(C)C(=O)C(C(=O)[C@H](C)CC)=C(O)C(C)=C2O)c(O)c(C)c1OC. The summed E-state index contributed by atoms with van der Waals surface area (Å²) in [6.07, 6.45) is 0.657. The number of aromatic hydroxyl groups is 2. The van der Waals surface area contributed by atoms with Gasteiger partial charge in [-0.15, -0.1) is 0 Å². The molecular formula is C26H34O8. The van der Waals surface area contributed by atoms with Crippen molar-refractivity contribution in [2.45, 2.75) is 67.2 Å². The zero-order chi connectivity index (χ0) is 26.1. The molecule has 0 saturated carbocycles. The minimum absolute atomic E-state index is 0.0263. The molecule has 0 aliphatic heterocycles. The van der Waals surface area contributed by atoms with Gasteiger partial charge in [-0.05, 0) is 40.0 Å². The van der Waals surface area contributed by atoms with Gasteiger partial charge < -0.3 is 25.2 Å². The maximum atomic E-state index is 13.5. The van der Waals surface area contributed by atoms with Crippen molar-refractivity contribution >= 4 is 17.3 Å². The van der Waals surface area contributed by atoms with E-state index in [0.717, 1.165) is 0 Å². The van der Waals surface area contributed by atoms with E-state index in [9.17, 15) is 34.8 Å². The minimum atomic E-state index is -1.78. The summed E-state index contributed by atoms with van der Waals surface area (Å²) in [5, 5.41) is 43.4. The lowest BCUT2D eigenvalue weighted by Crippen LogP contribution is -2.41. The highest BCUT2D eigenvalue weighted by Gasteiger charge is 2.49. The third-order valence-corrected chi connectivity index (χ3v) is 6.73. The highest BCUT2D eigenvalue weighted by atomic mass is 16.5. The molecule has 0 heterocycles. The van der Waals surface area contributed by atoms with E-state index >= 15 is 0 Å². The summed E-state index contributed by atoms with van der Waals surface area (Å²) in [5.41, 5.74) is -2.30. The lowest BCUT2D eigenvalue weighted by atomic mass is 9.68. The van der Waals surface area contributed by atoms with Crippen molar-refractivity contribution < 1.29 is 39.5 Å². The molecular weight excluding hydrogens is 440 g/mol. The van der Waals surface area contributed by atoms with Crippen molar-refractivity contribution in [2.75, 3.05) is 7.11 Å². The number of Topliss-reactive ketones (excluding diaryl/α,β-unsaturated/α-hetero) is 3. The van der Waals surface area contributed by atoms with Crippen LogP contribution >= 0.6 is 0 Å². The Hall–Kier alpha value is -3.29. The fraction of sp³-hybridized carbons (Fsp3) is 0.500. The second-order valence-electron chi connectivity index (χ2n) is 9.09. The number of carbonyl (C=O) groups excluding carboxylic acids is 3. The van der Waals surface area contributed by atoms with Crippen LogP contribution in [-0.4, -0.2) is 44.9 Å². The van der Waals surface area contributed by atoms with E-state index in [1.165, 1.54) is 27.9 Å². The number of phenolic OH excluding ortho intramolecular Hbond substituents is 2. The number of carbonyl (C=O) groups is 3. The fourth-order valence-electron chi connectivity index (χ4n) is 4.31. The summed E-state index contributed by atoms with van der Waals surface area (Å²) in [6, 6.07) is 0. The van der Waals surface area contributed by atoms with Gasteiger partial charge in [0.25, 0.3) is 0 Å². The first-order valence-electron chi connectivity index (χ1n) is 11.4. The highest BCUT2D eigenvalue weighted by Crippen LogP contribution is 2.49. The fourth-order valence-corrected chi connectivity index (χ4v) is 4.31. The van der Waals surface area contributed by atoms with Crippen molar-refractivity contribution in [3.05, 3.63) is 39.4 Å². The Labute approximate surface area is 199 Å². The molecule has 0 unspecified atom stereocenters. The molecule has 0 fully saturated rings.